The molecule has 0 aliphatic carbocycles. The van der Waals surface area contributed by atoms with Crippen molar-refractivity contribution in [2.45, 2.75) is 13.8 Å². The standard InChI is InChI=1S/C23H19FN2O2/c1-13-8-17-10-16(11-19(23(27)28)22(17)26-12-13)18-4-3-7-25-21(18)15-5-6-20(24)14(2)9-15/h3-11,26H,12H2,1-2H3,(H,27,28). The lowest BCUT2D eigenvalue weighted by Gasteiger charge is -2.20. The number of aryl methyl sites for hydroxylation is 1. The van der Waals surface area contributed by atoms with Gasteiger partial charge in [-0.2, -0.15) is 0 Å². The lowest BCUT2D eigenvalue weighted by molar-refractivity contribution is 0.0698. The third-order valence-corrected chi connectivity index (χ3v) is 4.90. The molecule has 4 nitrogen and oxygen atoms in total. The molecule has 0 amide bonds. The van der Waals surface area contributed by atoms with Crippen molar-refractivity contribution in [3.63, 3.8) is 0 Å². The van der Waals surface area contributed by atoms with E-state index in [0.29, 0.717) is 23.5 Å². The molecular weight excluding hydrogens is 355 g/mol. The van der Waals surface area contributed by atoms with Gasteiger partial charge >= 0.3 is 5.97 Å². The Morgan fingerprint density at radius 3 is 2.71 bits per heavy atom. The molecule has 3 aromatic rings. The lowest BCUT2D eigenvalue weighted by Crippen LogP contribution is -2.13. The monoisotopic (exact) mass is 374 g/mol. The number of nitrogens with one attached hydrogen (secondary N) is 1. The topological polar surface area (TPSA) is 62.2 Å². The van der Waals surface area contributed by atoms with Crippen LogP contribution in [-0.2, 0) is 0 Å². The first-order valence-corrected chi connectivity index (χ1v) is 8.98. The van der Waals surface area contributed by atoms with E-state index in [0.717, 1.165) is 27.8 Å². The van der Waals surface area contributed by atoms with E-state index in [-0.39, 0.29) is 11.4 Å². The molecule has 1 aliphatic heterocycles. The van der Waals surface area contributed by atoms with Crippen LogP contribution in [0, 0.1) is 12.7 Å². The minimum Gasteiger partial charge on any atom is -0.478 e. The fourth-order valence-electron chi connectivity index (χ4n) is 3.50. The average Bonchev–Trinajstić information content (AvgIpc) is 2.69. The number of pyridine rings is 1. The van der Waals surface area contributed by atoms with Crippen LogP contribution in [-0.4, -0.2) is 22.6 Å². The van der Waals surface area contributed by atoms with Crippen molar-refractivity contribution in [2.24, 2.45) is 0 Å². The number of hydrogen-bond acceptors (Lipinski definition) is 3. The summed E-state index contributed by atoms with van der Waals surface area (Å²) >= 11 is 0. The second kappa shape index (κ2) is 6.93. The van der Waals surface area contributed by atoms with E-state index in [9.17, 15) is 14.3 Å². The number of nitrogens with zero attached hydrogens (tertiary/aromatic N) is 1. The second-order valence-corrected chi connectivity index (χ2v) is 7.00. The van der Waals surface area contributed by atoms with Crippen molar-refractivity contribution in [3.05, 3.63) is 76.7 Å². The Balaban J connectivity index is 1.94. The summed E-state index contributed by atoms with van der Waals surface area (Å²) in [7, 11) is 0. The SMILES string of the molecule is CC1=Cc2cc(-c3cccnc3-c3ccc(F)c(C)c3)cc(C(=O)O)c2NC1. The molecule has 4 rings (SSSR count). The molecule has 2 heterocycles. The van der Waals surface area contributed by atoms with Crippen molar-refractivity contribution in [2.75, 3.05) is 11.9 Å². The van der Waals surface area contributed by atoms with Crippen LogP contribution in [0.3, 0.4) is 0 Å². The van der Waals surface area contributed by atoms with Gasteiger partial charge in [0, 0.05) is 23.9 Å². The molecule has 0 saturated carbocycles. The van der Waals surface area contributed by atoms with Gasteiger partial charge in [0.25, 0.3) is 0 Å². The van der Waals surface area contributed by atoms with Gasteiger partial charge in [-0.15, -0.1) is 0 Å². The molecule has 0 fully saturated rings. The van der Waals surface area contributed by atoms with Gasteiger partial charge < -0.3 is 10.4 Å². The molecule has 5 heteroatoms. The summed E-state index contributed by atoms with van der Waals surface area (Å²) in [5.41, 5.74) is 6.38. The lowest BCUT2D eigenvalue weighted by atomic mass is 9.92. The average molecular weight is 374 g/mol. The van der Waals surface area contributed by atoms with E-state index in [1.54, 1.807) is 31.3 Å². The predicted molar refractivity (Wildman–Crippen MR) is 109 cm³/mol. The zero-order chi connectivity index (χ0) is 19.8. The fraction of sp³-hybridized carbons (Fsp3) is 0.130. The number of fused-ring (bicyclic) bond motifs is 1. The van der Waals surface area contributed by atoms with Crippen LogP contribution >= 0.6 is 0 Å². The predicted octanol–water partition coefficient (Wildman–Crippen LogP) is 5.39. The van der Waals surface area contributed by atoms with E-state index in [1.165, 1.54) is 6.07 Å². The first kappa shape index (κ1) is 17.9. The summed E-state index contributed by atoms with van der Waals surface area (Å²) in [6.07, 6.45) is 3.68. The molecule has 2 aromatic carbocycles. The molecule has 0 saturated heterocycles. The van der Waals surface area contributed by atoms with Gasteiger partial charge in [-0.05, 0) is 66.9 Å². The van der Waals surface area contributed by atoms with Gasteiger partial charge in [0.1, 0.15) is 5.82 Å². The Morgan fingerprint density at radius 1 is 1.14 bits per heavy atom. The van der Waals surface area contributed by atoms with Gasteiger partial charge in [0.15, 0.2) is 0 Å². The maximum absolute atomic E-state index is 13.7. The van der Waals surface area contributed by atoms with Crippen molar-refractivity contribution >= 4 is 17.7 Å². The number of aromatic nitrogens is 1. The van der Waals surface area contributed by atoms with Gasteiger partial charge in [-0.1, -0.05) is 17.7 Å². The molecule has 0 radical (unpaired) electrons. The van der Waals surface area contributed by atoms with Crippen LogP contribution in [0.5, 0.6) is 0 Å². The normalized spacial score (nSPS) is 12.8. The maximum Gasteiger partial charge on any atom is 0.337 e. The number of carbonyl (C=O) groups is 1. The summed E-state index contributed by atoms with van der Waals surface area (Å²) in [6, 6.07) is 12.2. The van der Waals surface area contributed by atoms with Crippen LogP contribution in [0.1, 0.15) is 28.4 Å². The number of benzene rings is 2. The first-order valence-electron chi connectivity index (χ1n) is 8.98. The van der Waals surface area contributed by atoms with Crippen LogP contribution < -0.4 is 5.32 Å². The highest BCUT2D eigenvalue weighted by molar-refractivity contribution is 6.00. The third-order valence-electron chi connectivity index (χ3n) is 4.90. The Bertz CT molecular complexity index is 1140. The third kappa shape index (κ3) is 3.16. The van der Waals surface area contributed by atoms with Crippen LogP contribution in [0.4, 0.5) is 10.1 Å². The molecular formula is C23H19FN2O2. The number of hydrogen-bond donors (Lipinski definition) is 2. The Labute approximate surface area is 162 Å². The first-order chi connectivity index (χ1) is 13.4. The molecule has 0 atom stereocenters. The van der Waals surface area contributed by atoms with E-state index in [2.05, 4.69) is 10.3 Å². The van der Waals surface area contributed by atoms with Gasteiger partial charge in [0.2, 0.25) is 0 Å². The highest BCUT2D eigenvalue weighted by Crippen LogP contribution is 2.36. The quantitative estimate of drug-likeness (QED) is 0.645. The van der Waals surface area contributed by atoms with Crippen molar-refractivity contribution in [1.82, 2.24) is 4.98 Å². The van der Waals surface area contributed by atoms with Gasteiger partial charge in [0.05, 0.1) is 16.9 Å². The van der Waals surface area contributed by atoms with Crippen LogP contribution in [0.2, 0.25) is 0 Å². The molecule has 1 aliphatic rings. The van der Waals surface area contributed by atoms with E-state index < -0.39 is 5.97 Å². The zero-order valence-electron chi connectivity index (χ0n) is 15.6. The number of carboxylic acids is 1. The van der Waals surface area contributed by atoms with Gasteiger partial charge in [-0.25, -0.2) is 9.18 Å². The summed E-state index contributed by atoms with van der Waals surface area (Å²) in [5.74, 6) is -1.25. The number of anilines is 1. The molecule has 0 bridgehead atoms. The van der Waals surface area contributed by atoms with E-state index in [4.69, 9.17) is 0 Å². The molecule has 140 valence electrons. The summed E-state index contributed by atoms with van der Waals surface area (Å²) in [6.45, 7) is 4.33. The van der Waals surface area contributed by atoms with Crippen LogP contribution in [0.15, 0.2) is 54.2 Å². The number of rotatable bonds is 3. The van der Waals surface area contributed by atoms with Crippen LogP contribution in [0.25, 0.3) is 28.5 Å². The fourth-order valence-corrected chi connectivity index (χ4v) is 3.50. The van der Waals surface area contributed by atoms with E-state index in [1.807, 2.05) is 31.2 Å². The van der Waals surface area contributed by atoms with Crippen molar-refractivity contribution < 1.29 is 14.3 Å². The van der Waals surface area contributed by atoms with Crippen molar-refractivity contribution in [3.8, 4) is 22.4 Å². The Kier molecular flexibility index (Phi) is 4.43. The zero-order valence-corrected chi connectivity index (χ0v) is 15.6. The molecule has 0 unspecified atom stereocenters. The summed E-state index contributed by atoms with van der Waals surface area (Å²) < 4.78 is 13.7. The van der Waals surface area contributed by atoms with Gasteiger partial charge in [-0.3, -0.25) is 4.98 Å². The number of aromatic carboxylic acids is 1. The molecule has 1 aromatic heterocycles. The Hall–Kier alpha value is -3.47. The smallest absolute Gasteiger partial charge is 0.337 e. The largest absolute Gasteiger partial charge is 0.478 e. The number of halogens is 1. The van der Waals surface area contributed by atoms with E-state index >= 15 is 0 Å². The molecule has 2 N–H and O–H groups in total. The number of carboxylic acid groups (broad SMARTS) is 1. The minimum atomic E-state index is -0.985. The summed E-state index contributed by atoms with van der Waals surface area (Å²) in [4.78, 5) is 16.4. The second-order valence-electron chi connectivity index (χ2n) is 7.00. The maximum atomic E-state index is 13.7. The highest BCUT2D eigenvalue weighted by Gasteiger charge is 2.20. The molecule has 28 heavy (non-hydrogen) atoms. The minimum absolute atomic E-state index is 0.223. The Morgan fingerprint density at radius 2 is 1.96 bits per heavy atom. The molecule has 0 spiro atoms. The highest BCUT2D eigenvalue weighted by atomic mass is 19.1. The van der Waals surface area contributed by atoms with Crippen molar-refractivity contribution in [1.29, 1.82) is 0 Å². The summed E-state index contributed by atoms with van der Waals surface area (Å²) in [5, 5.41) is 12.9.